The molecule has 27 heavy (non-hydrogen) atoms. The van der Waals surface area contributed by atoms with Crippen molar-refractivity contribution in [3.63, 3.8) is 0 Å². The summed E-state index contributed by atoms with van der Waals surface area (Å²) < 4.78 is 18.6. The van der Waals surface area contributed by atoms with Gasteiger partial charge in [-0.1, -0.05) is 47.6 Å². The summed E-state index contributed by atoms with van der Waals surface area (Å²) in [5.74, 6) is 0.0144. The lowest BCUT2D eigenvalue weighted by atomic mass is 10.1. The third kappa shape index (κ3) is 3.74. The van der Waals surface area contributed by atoms with Crippen LogP contribution in [0.5, 0.6) is 0 Å². The molecule has 0 saturated heterocycles. The maximum absolute atomic E-state index is 13.3. The van der Waals surface area contributed by atoms with E-state index < -0.39 is 5.82 Å². The number of hydrogen-bond acceptors (Lipinski definition) is 4. The van der Waals surface area contributed by atoms with E-state index in [1.165, 1.54) is 18.2 Å². The van der Waals surface area contributed by atoms with Crippen LogP contribution in [0.1, 0.15) is 10.4 Å². The molecule has 0 fully saturated rings. The van der Waals surface area contributed by atoms with Crippen LogP contribution in [0.2, 0.25) is 0 Å². The number of nitrogens with one attached hydrogen (secondary N) is 1. The molecule has 3 aromatic carbocycles. The molecule has 0 unspecified atom stereocenters. The van der Waals surface area contributed by atoms with Gasteiger partial charge in [-0.05, 0) is 36.4 Å². The van der Waals surface area contributed by atoms with Gasteiger partial charge >= 0.3 is 0 Å². The summed E-state index contributed by atoms with van der Waals surface area (Å²) in [6.07, 6.45) is 0. The molecule has 0 aliphatic carbocycles. The van der Waals surface area contributed by atoms with Crippen LogP contribution in [0, 0.1) is 5.82 Å². The topological polar surface area (TPSA) is 68.0 Å². The Kier molecular flexibility index (Phi) is 4.45. The number of carbonyl (C=O) groups is 1. The maximum atomic E-state index is 13.3. The van der Waals surface area contributed by atoms with Crippen molar-refractivity contribution in [3.8, 4) is 22.8 Å². The Hall–Kier alpha value is -3.80. The van der Waals surface area contributed by atoms with Gasteiger partial charge in [-0.15, -0.1) is 0 Å². The lowest BCUT2D eigenvalue weighted by molar-refractivity contribution is 0.102. The van der Waals surface area contributed by atoms with Crippen LogP contribution >= 0.6 is 0 Å². The van der Waals surface area contributed by atoms with E-state index in [-0.39, 0.29) is 5.91 Å². The third-order valence-electron chi connectivity index (χ3n) is 3.91. The van der Waals surface area contributed by atoms with Crippen molar-refractivity contribution in [1.29, 1.82) is 0 Å². The highest BCUT2D eigenvalue weighted by Gasteiger charge is 2.13. The molecular weight excluding hydrogens is 345 g/mol. The Morgan fingerprint density at radius 1 is 0.889 bits per heavy atom. The van der Waals surface area contributed by atoms with Gasteiger partial charge in [0.25, 0.3) is 11.8 Å². The molecule has 5 nitrogen and oxygen atoms in total. The zero-order valence-corrected chi connectivity index (χ0v) is 14.1. The normalized spacial score (nSPS) is 10.6. The molecule has 6 heteroatoms. The van der Waals surface area contributed by atoms with Crippen LogP contribution in [0.4, 0.5) is 10.1 Å². The first kappa shape index (κ1) is 16.7. The van der Waals surface area contributed by atoms with Crippen molar-refractivity contribution < 1.29 is 13.7 Å². The summed E-state index contributed by atoms with van der Waals surface area (Å²) in [5.41, 5.74) is 2.25. The summed E-state index contributed by atoms with van der Waals surface area (Å²) in [7, 11) is 0. The Labute approximate surface area is 154 Å². The van der Waals surface area contributed by atoms with Gasteiger partial charge < -0.3 is 9.84 Å². The van der Waals surface area contributed by atoms with Crippen LogP contribution in [-0.2, 0) is 0 Å². The monoisotopic (exact) mass is 359 g/mol. The minimum Gasteiger partial charge on any atom is -0.334 e. The zero-order valence-electron chi connectivity index (χ0n) is 14.1. The average molecular weight is 359 g/mol. The van der Waals surface area contributed by atoms with Crippen LogP contribution in [-0.4, -0.2) is 16.0 Å². The van der Waals surface area contributed by atoms with Gasteiger partial charge in [0.1, 0.15) is 5.82 Å². The van der Waals surface area contributed by atoms with E-state index in [1.54, 1.807) is 30.3 Å². The Bertz CT molecular complexity index is 1090. The Morgan fingerprint density at radius 3 is 2.48 bits per heavy atom. The number of aromatic nitrogens is 2. The fourth-order valence-electron chi connectivity index (χ4n) is 2.61. The van der Waals surface area contributed by atoms with Crippen molar-refractivity contribution in [1.82, 2.24) is 10.1 Å². The molecule has 1 heterocycles. The summed E-state index contributed by atoms with van der Waals surface area (Å²) in [6.45, 7) is 0. The van der Waals surface area contributed by atoms with E-state index in [4.69, 9.17) is 4.52 Å². The maximum Gasteiger partial charge on any atom is 0.258 e. The molecule has 0 radical (unpaired) electrons. The van der Waals surface area contributed by atoms with Crippen LogP contribution in [0.25, 0.3) is 22.8 Å². The SMILES string of the molecule is O=C(Nc1cccc(F)c1)c1cccc(-c2nc(-c3ccccc3)no2)c1. The van der Waals surface area contributed by atoms with Gasteiger partial charge in [0.2, 0.25) is 5.82 Å². The second kappa shape index (κ2) is 7.21. The fraction of sp³-hybridized carbons (Fsp3) is 0. The predicted molar refractivity (Wildman–Crippen MR) is 99.5 cm³/mol. The molecule has 0 aliphatic rings. The minimum atomic E-state index is -0.416. The van der Waals surface area contributed by atoms with Crippen LogP contribution < -0.4 is 5.32 Å². The number of amides is 1. The van der Waals surface area contributed by atoms with Crippen molar-refractivity contribution in [2.45, 2.75) is 0 Å². The van der Waals surface area contributed by atoms with Crippen molar-refractivity contribution in [2.75, 3.05) is 5.32 Å². The number of anilines is 1. The number of rotatable bonds is 4. The highest BCUT2D eigenvalue weighted by atomic mass is 19.1. The van der Waals surface area contributed by atoms with Gasteiger partial charge in [0.15, 0.2) is 0 Å². The molecule has 0 saturated carbocycles. The standard InChI is InChI=1S/C21H14FN3O2/c22-17-10-5-11-18(13-17)23-20(26)15-8-4-9-16(12-15)21-24-19(25-27-21)14-6-2-1-3-7-14/h1-13H,(H,23,26). The van der Waals surface area contributed by atoms with Crippen molar-refractivity contribution in [3.05, 3.63) is 90.2 Å². The largest absolute Gasteiger partial charge is 0.334 e. The van der Waals surface area contributed by atoms with E-state index in [1.807, 2.05) is 30.3 Å². The van der Waals surface area contributed by atoms with E-state index >= 15 is 0 Å². The Morgan fingerprint density at radius 2 is 1.67 bits per heavy atom. The van der Waals surface area contributed by atoms with Gasteiger partial charge in [-0.3, -0.25) is 4.79 Å². The first-order chi connectivity index (χ1) is 13.2. The molecule has 0 atom stereocenters. The molecule has 4 rings (SSSR count). The second-order valence-electron chi connectivity index (χ2n) is 5.83. The molecule has 4 aromatic rings. The van der Waals surface area contributed by atoms with Gasteiger partial charge in [0.05, 0.1) is 0 Å². The average Bonchev–Trinajstić information content (AvgIpc) is 3.19. The van der Waals surface area contributed by atoms with E-state index in [2.05, 4.69) is 15.5 Å². The number of halogens is 1. The van der Waals surface area contributed by atoms with Crippen LogP contribution in [0.3, 0.4) is 0 Å². The summed E-state index contributed by atoms with van der Waals surface area (Å²) in [6, 6.07) is 22.0. The fourth-order valence-corrected chi connectivity index (χ4v) is 2.61. The number of nitrogens with zero attached hydrogens (tertiary/aromatic N) is 2. The highest BCUT2D eigenvalue weighted by molar-refractivity contribution is 6.04. The van der Waals surface area contributed by atoms with E-state index in [9.17, 15) is 9.18 Å². The molecule has 1 aromatic heterocycles. The molecule has 0 bridgehead atoms. The highest BCUT2D eigenvalue weighted by Crippen LogP contribution is 2.23. The minimum absolute atomic E-state index is 0.314. The molecule has 1 N–H and O–H groups in total. The predicted octanol–water partition coefficient (Wildman–Crippen LogP) is 4.80. The number of benzene rings is 3. The third-order valence-corrected chi connectivity index (χ3v) is 3.91. The number of hydrogen-bond donors (Lipinski definition) is 1. The van der Waals surface area contributed by atoms with Gasteiger partial charge in [0, 0.05) is 22.4 Å². The van der Waals surface area contributed by atoms with Crippen molar-refractivity contribution in [2.24, 2.45) is 0 Å². The number of carbonyl (C=O) groups excluding carboxylic acids is 1. The smallest absolute Gasteiger partial charge is 0.258 e. The van der Waals surface area contributed by atoms with E-state index in [0.717, 1.165) is 5.56 Å². The summed E-state index contributed by atoms with van der Waals surface area (Å²) in [5, 5.41) is 6.65. The second-order valence-corrected chi connectivity index (χ2v) is 5.83. The molecule has 0 spiro atoms. The van der Waals surface area contributed by atoms with Gasteiger partial charge in [-0.25, -0.2) is 4.39 Å². The molecule has 132 valence electrons. The lowest BCUT2D eigenvalue weighted by Gasteiger charge is -2.06. The van der Waals surface area contributed by atoms with Crippen LogP contribution in [0.15, 0.2) is 83.4 Å². The van der Waals surface area contributed by atoms with E-state index in [0.29, 0.717) is 28.5 Å². The summed E-state index contributed by atoms with van der Waals surface area (Å²) in [4.78, 5) is 16.8. The Balaban J connectivity index is 1.57. The molecule has 0 aliphatic heterocycles. The quantitative estimate of drug-likeness (QED) is 0.568. The molecule has 1 amide bonds. The lowest BCUT2D eigenvalue weighted by Crippen LogP contribution is -2.11. The zero-order chi connectivity index (χ0) is 18.6. The summed E-state index contributed by atoms with van der Waals surface area (Å²) >= 11 is 0. The first-order valence-corrected chi connectivity index (χ1v) is 8.25. The van der Waals surface area contributed by atoms with Gasteiger partial charge in [-0.2, -0.15) is 4.98 Å². The first-order valence-electron chi connectivity index (χ1n) is 8.25. The van der Waals surface area contributed by atoms with Crippen molar-refractivity contribution >= 4 is 11.6 Å². The molecular formula is C21H14FN3O2.